The molecule has 0 fully saturated rings. The van der Waals surface area contributed by atoms with Crippen molar-refractivity contribution in [3.63, 3.8) is 0 Å². The van der Waals surface area contributed by atoms with E-state index in [0.29, 0.717) is 13.2 Å². The van der Waals surface area contributed by atoms with Crippen molar-refractivity contribution in [1.82, 2.24) is 9.55 Å². The number of thioether (sulfide) groups is 1. The van der Waals surface area contributed by atoms with E-state index >= 15 is 0 Å². The molecule has 0 saturated carbocycles. The number of hydrogen-bond acceptors (Lipinski definition) is 4. The maximum absolute atomic E-state index is 5.66. The average Bonchev–Trinajstić information content (AvgIpc) is 2.83. The minimum Gasteiger partial charge on any atom is -0.494 e. The molecule has 1 aromatic heterocycles. The largest absolute Gasteiger partial charge is 0.494 e. The summed E-state index contributed by atoms with van der Waals surface area (Å²) < 4.78 is 13.0. The minimum absolute atomic E-state index is 0.658. The normalized spacial score (nSPS) is 10.4. The Kier molecular flexibility index (Phi) is 5.15. The van der Waals surface area contributed by atoms with Gasteiger partial charge in [0.25, 0.3) is 0 Å². The first kappa shape index (κ1) is 13.8. The van der Waals surface area contributed by atoms with Crippen molar-refractivity contribution in [3.05, 3.63) is 36.7 Å². The van der Waals surface area contributed by atoms with E-state index in [1.165, 1.54) is 0 Å². The highest BCUT2D eigenvalue weighted by Gasteiger charge is 2.00. The van der Waals surface area contributed by atoms with Gasteiger partial charge in [-0.05, 0) is 31.2 Å². The molecule has 0 N–H and O–H groups in total. The van der Waals surface area contributed by atoms with E-state index in [1.54, 1.807) is 18.0 Å². The summed E-state index contributed by atoms with van der Waals surface area (Å²) in [5.74, 6) is 2.61. The smallest absolute Gasteiger partial charge is 0.167 e. The second kappa shape index (κ2) is 7.09. The van der Waals surface area contributed by atoms with E-state index < -0.39 is 0 Å². The van der Waals surface area contributed by atoms with Crippen molar-refractivity contribution in [2.75, 3.05) is 19.0 Å². The molecule has 0 unspecified atom stereocenters. The number of nitrogens with zero attached hydrogens (tertiary/aromatic N) is 2. The van der Waals surface area contributed by atoms with Crippen molar-refractivity contribution in [2.24, 2.45) is 7.05 Å². The third kappa shape index (κ3) is 4.21. The lowest BCUT2D eigenvalue weighted by Crippen LogP contribution is -2.01. The Morgan fingerprint density at radius 2 is 1.84 bits per heavy atom. The SMILES string of the molecule is CCOc1ccc(OCCSc2nccn2C)cc1. The van der Waals surface area contributed by atoms with Crippen molar-refractivity contribution >= 4 is 11.8 Å². The molecule has 2 rings (SSSR count). The fourth-order valence-electron chi connectivity index (χ4n) is 1.58. The zero-order chi connectivity index (χ0) is 13.5. The van der Waals surface area contributed by atoms with Gasteiger partial charge < -0.3 is 14.0 Å². The van der Waals surface area contributed by atoms with Gasteiger partial charge in [0.05, 0.1) is 13.2 Å². The molecule has 102 valence electrons. The van der Waals surface area contributed by atoms with Crippen LogP contribution >= 0.6 is 11.8 Å². The number of aromatic nitrogens is 2. The van der Waals surface area contributed by atoms with Crippen LogP contribution in [0.25, 0.3) is 0 Å². The number of aryl methyl sites for hydroxylation is 1. The van der Waals surface area contributed by atoms with Crippen LogP contribution in [0, 0.1) is 0 Å². The molecular weight excluding hydrogens is 260 g/mol. The van der Waals surface area contributed by atoms with Crippen molar-refractivity contribution in [2.45, 2.75) is 12.1 Å². The molecule has 0 aliphatic heterocycles. The van der Waals surface area contributed by atoms with Crippen molar-refractivity contribution in [1.29, 1.82) is 0 Å². The molecule has 0 atom stereocenters. The van der Waals surface area contributed by atoms with Crippen molar-refractivity contribution < 1.29 is 9.47 Å². The van der Waals surface area contributed by atoms with E-state index in [2.05, 4.69) is 4.98 Å². The lowest BCUT2D eigenvalue weighted by atomic mass is 10.3. The van der Waals surface area contributed by atoms with Gasteiger partial charge >= 0.3 is 0 Å². The summed E-state index contributed by atoms with van der Waals surface area (Å²) in [7, 11) is 1.99. The van der Waals surface area contributed by atoms with Gasteiger partial charge in [0.1, 0.15) is 11.5 Å². The Balaban J connectivity index is 1.72. The summed E-state index contributed by atoms with van der Waals surface area (Å²) in [6, 6.07) is 7.70. The molecule has 2 aromatic rings. The van der Waals surface area contributed by atoms with Crippen LogP contribution < -0.4 is 9.47 Å². The van der Waals surface area contributed by atoms with Crippen LogP contribution in [0.15, 0.2) is 41.8 Å². The van der Waals surface area contributed by atoms with Crippen LogP contribution in [0.4, 0.5) is 0 Å². The molecule has 0 aliphatic carbocycles. The van der Waals surface area contributed by atoms with Crippen molar-refractivity contribution in [3.8, 4) is 11.5 Å². The molecule has 1 aromatic carbocycles. The molecule has 0 spiro atoms. The topological polar surface area (TPSA) is 36.3 Å². The molecule has 0 saturated heterocycles. The summed E-state index contributed by atoms with van der Waals surface area (Å²) in [5.41, 5.74) is 0. The Morgan fingerprint density at radius 1 is 1.16 bits per heavy atom. The predicted octanol–water partition coefficient (Wildman–Crippen LogP) is 2.99. The summed E-state index contributed by atoms with van der Waals surface area (Å²) in [4.78, 5) is 4.25. The molecular formula is C14H18N2O2S. The molecule has 0 aliphatic rings. The Morgan fingerprint density at radius 3 is 2.42 bits per heavy atom. The lowest BCUT2D eigenvalue weighted by Gasteiger charge is -2.07. The minimum atomic E-state index is 0.658. The Bertz CT molecular complexity index is 496. The zero-order valence-corrected chi connectivity index (χ0v) is 12.0. The number of imidazole rings is 1. The number of hydrogen-bond donors (Lipinski definition) is 0. The van der Waals surface area contributed by atoms with E-state index in [0.717, 1.165) is 22.4 Å². The van der Waals surface area contributed by atoms with E-state index in [-0.39, 0.29) is 0 Å². The number of rotatable bonds is 7. The molecule has 1 heterocycles. The number of benzene rings is 1. The number of ether oxygens (including phenoxy) is 2. The van der Waals surface area contributed by atoms with E-state index in [4.69, 9.17) is 9.47 Å². The van der Waals surface area contributed by atoms with Crippen LogP contribution in [0.5, 0.6) is 11.5 Å². The maximum atomic E-state index is 5.66. The van der Waals surface area contributed by atoms with Gasteiger partial charge in [-0.15, -0.1) is 0 Å². The van der Waals surface area contributed by atoms with Gasteiger partial charge in [-0.3, -0.25) is 0 Å². The van der Waals surface area contributed by atoms with Gasteiger partial charge in [0.2, 0.25) is 0 Å². The summed E-state index contributed by atoms with van der Waals surface area (Å²) in [6.45, 7) is 3.31. The monoisotopic (exact) mass is 278 g/mol. The fourth-order valence-corrected chi connectivity index (χ4v) is 2.33. The van der Waals surface area contributed by atoms with Gasteiger partial charge in [0.15, 0.2) is 5.16 Å². The summed E-state index contributed by atoms with van der Waals surface area (Å²) in [5, 5.41) is 1.01. The van der Waals surface area contributed by atoms with Crippen LogP contribution in [0.2, 0.25) is 0 Å². The van der Waals surface area contributed by atoms with Gasteiger partial charge in [-0.1, -0.05) is 11.8 Å². The van der Waals surface area contributed by atoms with Gasteiger partial charge in [-0.2, -0.15) is 0 Å². The standard InChI is InChI=1S/C14H18N2O2S/c1-3-17-12-4-6-13(7-5-12)18-10-11-19-14-15-8-9-16(14)2/h4-9H,3,10-11H2,1-2H3. The first-order valence-electron chi connectivity index (χ1n) is 6.25. The summed E-state index contributed by atoms with van der Waals surface area (Å²) in [6.07, 6.45) is 3.74. The first-order valence-corrected chi connectivity index (χ1v) is 7.24. The second-order valence-corrected chi connectivity index (χ2v) is 4.98. The third-order valence-corrected chi connectivity index (χ3v) is 3.52. The predicted molar refractivity (Wildman–Crippen MR) is 77.0 cm³/mol. The molecule has 0 bridgehead atoms. The first-order chi connectivity index (χ1) is 9.29. The Labute approximate surface area is 117 Å². The second-order valence-electron chi connectivity index (χ2n) is 3.92. The quantitative estimate of drug-likeness (QED) is 0.576. The lowest BCUT2D eigenvalue weighted by molar-refractivity contribution is 0.332. The molecule has 0 radical (unpaired) electrons. The van der Waals surface area contributed by atoms with Crippen LogP contribution in [-0.2, 0) is 7.05 Å². The highest BCUT2D eigenvalue weighted by atomic mass is 32.2. The average molecular weight is 278 g/mol. The van der Waals surface area contributed by atoms with Gasteiger partial charge in [-0.25, -0.2) is 4.98 Å². The van der Waals surface area contributed by atoms with E-state index in [1.807, 2.05) is 49.0 Å². The van der Waals surface area contributed by atoms with Gasteiger partial charge in [0, 0.05) is 25.2 Å². The fraction of sp³-hybridized carbons (Fsp3) is 0.357. The molecule has 4 nitrogen and oxygen atoms in total. The zero-order valence-electron chi connectivity index (χ0n) is 11.2. The maximum Gasteiger partial charge on any atom is 0.167 e. The van der Waals surface area contributed by atoms with Crippen LogP contribution in [-0.4, -0.2) is 28.5 Å². The molecule has 5 heteroatoms. The highest BCUT2D eigenvalue weighted by molar-refractivity contribution is 7.99. The summed E-state index contributed by atoms with van der Waals surface area (Å²) >= 11 is 1.69. The Hall–Kier alpha value is -1.62. The molecule has 19 heavy (non-hydrogen) atoms. The van der Waals surface area contributed by atoms with Crippen LogP contribution in [0.3, 0.4) is 0 Å². The third-order valence-electron chi connectivity index (χ3n) is 2.49. The molecule has 0 amide bonds. The van der Waals surface area contributed by atoms with Crippen LogP contribution in [0.1, 0.15) is 6.92 Å². The van der Waals surface area contributed by atoms with E-state index in [9.17, 15) is 0 Å². The highest BCUT2D eigenvalue weighted by Crippen LogP contribution is 2.19.